The maximum absolute atomic E-state index is 12.5. The third-order valence-electron chi connectivity index (χ3n) is 4.63. The van der Waals surface area contributed by atoms with Gasteiger partial charge in [0.15, 0.2) is 11.5 Å². The number of nitrogens with two attached hydrogens (primary N) is 2. The van der Waals surface area contributed by atoms with Gasteiger partial charge in [0, 0.05) is 29.4 Å². The van der Waals surface area contributed by atoms with E-state index in [1.165, 1.54) is 49.4 Å². The molecule has 0 amide bonds. The third-order valence-corrected chi connectivity index (χ3v) is 5.75. The number of ether oxygens (including phenoxy) is 2. The number of nitrogen functional groups attached to an aromatic ring is 2. The van der Waals surface area contributed by atoms with Crippen molar-refractivity contribution in [3.63, 3.8) is 0 Å². The summed E-state index contributed by atoms with van der Waals surface area (Å²) in [5, 5.41) is 0. The van der Waals surface area contributed by atoms with Crippen LogP contribution in [0.3, 0.4) is 0 Å². The molecule has 0 aliphatic heterocycles. The average molecular weight is 507 g/mol. The Balaban J connectivity index is 1.91. The van der Waals surface area contributed by atoms with Crippen LogP contribution in [0.5, 0.6) is 11.5 Å². The minimum absolute atomic E-state index is 0.0577. The average Bonchev–Trinajstić information content (AvgIpc) is 2.79. The Morgan fingerprint density at radius 3 is 2.31 bits per heavy atom. The quantitative estimate of drug-likeness (QED) is 0.433. The number of nitrogens with one attached hydrogen (secondary N) is 1. The van der Waals surface area contributed by atoms with Crippen LogP contribution in [0.1, 0.15) is 22.3 Å². The summed E-state index contributed by atoms with van der Waals surface area (Å²) in [4.78, 5) is 7.89. The first-order valence-electron chi connectivity index (χ1n) is 9.76. The van der Waals surface area contributed by atoms with Gasteiger partial charge in [-0.25, -0.2) is 4.98 Å². The van der Waals surface area contributed by atoms with Gasteiger partial charge in [0.05, 0.1) is 19.8 Å². The van der Waals surface area contributed by atoms with Crippen molar-refractivity contribution in [1.82, 2.24) is 9.97 Å². The molecular formula is C22H20F3N5O4S. The molecule has 5 N–H and O–H groups in total. The molecule has 1 aromatic heterocycles. The Labute approximate surface area is 199 Å². The second-order valence-corrected chi connectivity index (χ2v) is 8.75. The molecule has 184 valence electrons. The minimum atomic E-state index is -5.51. The van der Waals surface area contributed by atoms with E-state index >= 15 is 0 Å². The largest absolute Gasteiger partial charge is 0.516 e. The number of benzene rings is 2. The van der Waals surface area contributed by atoms with Crippen molar-refractivity contribution in [3.8, 4) is 23.3 Å². The van der Waals surface area contributed by atoms with E-state index in [2.05, 4.69) is 21.8 Å². The number of methoxy groups -OCH3 is 2. The van der Waals surface area contributed by atoms with Crippen molar-refractivity contribution >= 4 is 27.5 Å². The summed E-state index contributed by atoms with van der Waals surface area (Å²) in [6, 6.07) is 8.61. The normalized spacial score (nSPS) is 11.3. The van der Waals surface area contributed by atoms with E-state index in [0.29, 0.717) is 34.6 Å². The molecule has 0 radical (unpaired) electrons. The van der Waals surface area contributed by atoms with Crippen LogP contribution in [0, 0.1) is 11.8 Å². The first-order chi connectivity index (χ1) is 16.4. The van der Waals surface area contributed by atoms with Gasteiger partial charge in [-0.05, 0) is 42.0 Å². The maximum Gasteiger partial charge on any atom is 0.516 e. The second-order valence-electron chi connectivity index (χ2n) is 7.07. The molecule has 3 aromatic rings. The van der Waals surface area contributed by atoms with E-state index in [9.17, 15) is 21.6 Å². The number of sulfonamides is 1. The Hall–Kier alpha value is -4.18. The summed E-state index contributed by atoms with van der Waals surface area (Å²) in [6.07, 6.45) is 1.88. The smallest absolute Gasteiger partial charge is 0.493 e. The second kappa shape index (κ2) is 9.98. The van der Waals surface area contributed by atoms with E-state index in [-0.39, 0.29) is 17.5 Å². The monoisotopic (exact) mass is 507 g/mol. The van der Waals surface area contributed by atoms with Crippen LogP contribution in [0.2, 0.25) is 0 Å². The Bertz CT molecular complexity index is 1400. The van der Waals surface area contributed by atoms with Gasteiger partial charge in [0.1, 0.15) is 5.82 Å². The van der Waals surface area contributed by atoms with Crippen LogP contribution in [0.15, 0.2) is 42.6 Å². The number of hydrogen-bond donors (Lipinski definition) is 3. The van der Waals surface area contributed by atoms with Crippen LogP contribution < -0.4 is 25.7 Å². The first-order valence-corrected chi connectivity index (χ1v) is 11.2. The highest BCUT2D eigenvalue weighted by Crippen LogP contribution is 2.33. The van der Waals surface area contributed by atoms with Crippen LogP contribution in [-0.4, -0.2) is 38.1 Å². The van der Waals surface area contributed by atoms with Crippen molar-refractivity contribution in [2.24, 2.45) is 0 Å². The van der Waals surface area contributed by atoms with Crippen LogP contribution in [0.4, 0.5) is 30.6 Å². The van der Waals surface area contributed by atoms with Gasteiger partial charge in [-0.15, -0.1) is 0 Å². The van der Waals surface area contributed by atoms with Crippen molar-refractivity contribution in [2.75, 3.05) is 30.4 Å². The maximum atomic E-state index is 12.5. The number of aromatic nitrogens is 2. The zero-order valence-corrected chi connectivity index (χ0v) is 19.3. The lowest BCUT2D eigenvalue weighted by molar-refractivity contribution is -0.0429. The molecule has 13 heteroatoms. The van der Waals surface area contributed by atoms with E-state index < -0.39 is 15.5 Å². The summed E-state index contributed by atoms with van der Waals surface area (Å²) >= 11 is 0. The number of anilines is 3. The SMILES string of the molecule is COc1cc(Cc2cnc(N)nc2N)cc(C#Cc2ccc(NS(=O)(=O)C(F)(F)F)cc2)c1OC. The molecule has 0 unspecified atom stereocenters. The molecule has 0 bridgehead atoms. The van der Waals surface area contributed by atoms with Gasteiger partial charge in [-0.1, -0.05) is 11.8 Å². The van der Waals surface area contributed by atoms with Crippen LogP contribution in [0.25, 0.3) is 0 Å². The Morgan fingerprint density at radius 1 is 1.06 bits per heavy atom. The fourth-order valence-electron chi connectivity index (χ4n) is 2.98. The lowest BCUT2D eigenvalue weighted by Crippen LogP contribution is -2.29. The topological polar surface area (TPSA) is 142 Å². The summed E-state index contributed by atoms with van der Waals surface area (Å²) in [6.45, 7) is 0. The number of hydrogen-bond acceptors (Lipinski definition) is 8. The van der Waals surface area contributed by atoms with Crippen molar-refractivity contribution in [1.29, 1.82) is 0 Å². The van der Waals surface area contributed by atoms with E-state index in [0.717, 1.165) is 5.56 Å². The Kier molecular flexibility index (Phi) is 7.25. The van der Waals surface area contributed by atoms with Gasteiger partial charge < -0.3 is 20.9 Å². The highest BCUT2D eigenvalue weighted by atomic mass is 32.2. The first kappa shape index (κ1) is 25.4. The molecule has 0 spiro atoms. The van der Waals surface area contributed by atoms with Crippen molar-refractivity contribution in [2.45, 2.75) is 11.9 Å². The molecule has 1 heterocycles. The van der Waals surface area contributed by atoms with E-state index in [1.54, 1.807) is 12.1 Å². The molecule has 0 saturated carbocycles. The highest BCUT2D eigenvalue weighted by molar-refractivity contribution is 7.93. The highest BCUT2D eigenvalue weighted by Gasteiger charge is 2.46. The van der Waals surface area contributed by atoms with Gasteiger partial charge >= 0.3 is 15.5 Å². The summed E-state index contributed by atoms with van der Waals surface area (Å²) in [7, 11) is -2.59. The van der Waals surface area contributed by atoms with Gasteiger partial charge in [-0.3, -0.25) is 4.72 Å². The number of nitrogens with zero attached hydrogens (tertiary/aromatic N) is 2. The van der Waals surface area contributed by atoms with Gasteiger partial charge in [0.2, 0.25) is 5.95 Å². The molecule has 0 aliphatic rings. The fourth-order valence-corrected chi connectivity index (χ4v) is 3.54. The van der Waals surface area contributed by atoms with Crippen LogP contribution >= 0.6 is 0 Å². The van der Waals surface area contributed by atoms with Crippen molar-refractivity contribution < 1.29 is 31.1 Å². The van der Waals surface area contributed by atoms with Crippen molar-refractivity contribution in [3.05, 3.63) is 64.8 Å². The summed E-state index contributed by atoms with van der Waals surface area (Å²) in [5.74, 6) is 6.89. The lowest BCUT2D eigenvalue weighted by atomic mass is 10.0. The molecule has 0 fully saturated rings. The number of rotatable bonds is 6. The Morgan fingerprint density at radius 2 is 1.74 bits per heavy atom. The summed E-state index contributed by atoms with van der Waals surface area (Å²) < 4.78 is 72.4. The fraction of sp³-hybridized carbons (Fsp3) is 0.182. The van der Waals surface area contributed by atoms with Gasteiger partial charge in [0.25, 0.3) is 0 Å². The number of alkyl halides is 3. The lowest BCUT2D eigenvalue weighted by Gasteiger charge is -2.13. The molecule has 0 atom stereocenters. The minimum Gasteiger partial charge on any atom is -0.493 e. The zero-order valence-electron chi connectivity index (χ0n) is 18.5. The zero-order chi connectivity index (χ0) is 25.8. The molecular weight excluding hydrogens is 487 g/mol. The third kappa shape index (κ3) is 6.04. The predicted molar refractivity (Wildman–Crippen MR) is 124 cm³/mol. The number of halogens is 3. The van der Waals surface area contributed by atoms with Gasteiger partial charge in [-0.2, -0.15) is 26.6 Å². The molecule has 35 heavy (non-hydrogen) atoms. The van der Waals surface area contributed by atoms with E-state index in [4.69, 9.17) is 20.9 Å². The molecule has 2 aromatic carbocycles. The summed E-state index contributed by atoms with van der Waals surface area (Å²) in [5.41, 5.74) is 8.09. The van der Waals surface area contributed by atoms with E-state index in [1.807, 2.05) is 0 Å². The molecule has 9 nitrogen and oxygen atoms in total. The van der Waals surface area contributed by atoms with Crippen LogP contribution in [-0.2, 0) is 16.4 Å². The molecule has 0 saturated heterocycles. The standard InChI is InChI=1S/C22H20F3N5O4S/c1-33-18-11-14(10-16-12-28-21(27)29-20(16)26)9-15(19(18)34-2)6-3-13-4-7-17(8-5-13)30-35(31,32)22(23,24)25/h4-5,7-9,11-12,30H,10H2,1-2H3,(H4,26,27,28,29). The predicted octanol–water partition coefficient (Wildman–Crippen LogP) is 2.91. The molecule has 3 rings (SSSR count). The molecule has 0 aliphatic carbocycles.